The maximum Gasteiger partial charge on any atom is 0.260 e. The number of piperidine rings is 1. The third-order valence-electron chi connectivity index (χ3n) is 4.51. The van der Waals surface area contributed by atoms with Crippen LogP contribution in [0, 0.1) is 0 Å². The fraction of sp³-hybridized carbons (Fsp3) is 0.588. The summed E-state index contributed by atoms with van der Waals surface area (Å²) in [6.45, 7) is 3.48. The van der Waals surface area contributed by atoms with Gasteiger partial charge < -0.3 is 10.2 Å². The number of sulfonamides is 1. The van der Waals surface area contributed by atoms with E-state index >= 15 is 0 Å². The third kappa shape index (κ3) is 4.56. The first-order valence-electron chi connectivity index (χ1n) is 9.28. The second kappa shape index (κ2) is 8.66. The number of carbonyl (C=O) groups is 1. The van der Waals surface area contributed by atoms with Gasteiger partial charge in [0.1, 0.15) is 11.0 Å². The Morgan fingerprint density at radius 1 is 1.26 bits per heavy atom. The largest absolute Gasteiger partial charge is 0.385 e. The number of carbonyl (C=O) groups excluding carboxylic acids is 1. The topological polar surface area (TPSA) is 106 Å². The van der Waals surface area contributed by atoms with Crippen LogP contribution >= 0.6 is 0 Å². The predicted octanol–water partition coefficient (Wildman–Crippen LogP) is 0.951. The Bertz CT molecular complexity index is 890. The molecule has 0 unspecified atom stereocenters. The lowest BCUT2D eigenvalue weighted by molar-refractivity contribution is -0.126. The van der Waals surface area contributed by atoms with Crippen molar-refractivity contribution < 1.29 is 18.0 Å². The van der Waals surface area contributed by atoms with Crippen molar-refractivity contribution in [3.63, 3.8) is 0 Å². The standard InChI is InChI=1S/C17H25N5O4S/c1-2-3-9-18-17(23)13-26-22-16-12-14(7-8-15(16)19-20-22)27(24,25)21-10-5-4-6-11-21/h7-8,12H,2-6,9-11,13H2,1H3,(H,18,23). The van der Waals surface area contributed by atoms with Crippen LogP contribution in [0.2, 0.25) is 0 Å². The summed E-state index contributed by atoms with van der Waals surface area (Å²) < 4.78 is 27.2. The molecule has 148 valence electrons. The summed E-state index contributed by atoms with van der Waals surface area (Å²) in [4.78, 5) is 18.4. The Labute approximate surface area is 158 Å². The van der Waals surface area contributed by atoms with Gasteiger partial charge in [0, 0.05) is 19.6 Å². The minimum absolute atomic E-state index is 0.177. The molecule has 0 saturated carbocycles. The van der Waals surface area contributed by atoms with E-state index in [0.29, 0.717) is 30.7 Å². The number of aromatic nitrogens is 3. The van der Waals surface area contributed by atoms with E-state index in [1.165, 1.54) is 16.4 Å². The molecular formula is C17H25N5O4S. The lowest BCUT2D eigenvalue weighted by atomic mass is 10.2. The molecule has 1 saturated heterocycles. The fourth-order valence-corrected chi connectivity index (χ4v) is 4.50. The van der Waals surface area contributed by atoms with Crippen LogP contribution in [-0.2, 0) is 14.8 Å². The van der Waals surface area contributed by atoms with Crippen molar-refractivity contribution in [3.8, 4) is 0 Å². The van der Waals surface area contributed by atoms with Gasteiger partial charge in [0.15, 0.2) is 6.61 Å². The minimum atomic E-state index is -3.56. The zero-order valence-electron chi connectivity index (χ0n) is 15.4. The Kier molecular flexibility index (Phi) is 6.27. The van der Waals surface area contributed by atoms with Crippen LogP contribution in [0.15, 0.2) is 23.1 Å². The summed E-state index contributed by atoms with van der Waals surface area (Å²) in [5.41, 5.74) is 0.911. The van der Waals surface area contributed by atoms with Crippen LogP contribution in [0.4, 0.5) is 0 Å². The Morgan fingerprint density at radius 3 is 2.78 bits per heavy atom. The molecule has 27 heavy (non-hydrogen) atoms. The maximum atomic E-state index is 12.8. The monoisotopic (exact) mass is 395 g/mol. The number of hydrogen-bond acceptors (Lipinski definition) is 6. The maximum absolute atomic E-state index is 12.8. The van der Waals surface area contributed by atoms with Crippen molar-refractivity contribution in [2.75, 3.05) is 26.2 Å². The fourth-order valence-electron chi connectivity index (χ4n) is 2.96. The highest BCUT2D eigenvalue weighted by Crippen LogP contribution is 2.23. The van der Waals surface area contributed by atoms with Crippen molar-refractivity contribution in [1.29, 1.82) is 0 Å². The molecule has 0 aliphatic carbocycles. The van der Waals surface area contributed by atoms with E-state index in [4.69, 9.17) is 4.84 Å². The molecule has 1 N–H and O–H groups in total. The van der Waals surface area contributed by atoms with E-state index in [9.17, 15) is 13.2 Å². The highest BCUT2D eigenvalue weighted by Gasteiger charge is 2.26. The second-order valence-corrected chi connectivity index (χ2v) is 8.49. The molecule has 1 aliphatic rings. The molecule has 10 heteroatoms. The van der Waals surface area contributed by atoms with Crippen LogP contribution in [-0.4, -0.2) is 60.0 Å². The molecule has 0 radical (unpaired) electrons. The SMILES string of the molecule is CCCCNC(=O)COn1nnc2ccc(S(=O)(=O)N3CCCCC3)cc21. The van der Waals surface area contributed by atoms with Crippen molar-refractivity contribution in [3.05, 3.63) is 18.2 Å². The number of fused-ring (bicyclic) bond motifs is 1. The number of nitrogens with one attached hydrogen (secondary N) is 1. The number of amides is 1. The van der Waals surface area contributed by atoms with E-state index in [1.54, 1.807) is 6.07 Å². The summed E-state index contributed by atoms with van der Waals surface area (Å²) in [6, 6.07) is 4.62. The number of nitrogens with zero attached hydrogens (tertiary/aromatic N) is 4. The van der Waals surface area contributed by atoms with E-state index in [-0.39, 0.29) is 17.4 Å². The zero-order valence-corrected chi connectivity index (χ0v) is 16.2. The molecule has 0 spiro atoms. The van der Waals surface area contributed by atoms with E-state index in [0.717, 1.165) is 36.9 Å². The van der Waals surface area contributed by atoms with Crippen molar-refractivity contribution in [1.82, 2.24) is 24.8 Å². The van der Waals surface area contributed by atoms with Gasteiger partial charge in [-0.05, 0) is 42.7 Å². The molecule has 2 aromatic rings. The zero-order chi connectivity index (χ0) is 19.3. The van der Waals surface area contributed by atoms with E-state index < -0.39 is 10.0 Å². The number of hydrogen-bond donors (Lipinski definition) is 1. The summed E-state index contributed by atoms with van der Waals surface area (Å²) >= 11 is 0. The van der Waals surface area contributed by atoms with Gasteiger partial charge in [-0.2, -0.15) is 4.31 Å². The Hall–Kier alpha value is -2.20. The second-order valence-electron chi connectivity index (χ2n) is 6.55. The van der Waals surface area contributed by atoms with Crippen molar-refractivity contribution >= 4 is 27.0 Å². The Morgan fingerprint density at radius 2 is 2.04 bits per heavy atom. The van der Waals surface area contributed by atoms with Gasteiger partial charge in [-0.15, -0.1) is 5.10 Å². The summed E-state index contributed by atoms with van der Waals surface area (Å²) in [5, 5.41) is 10.6. The normalized spacial score (nSPS) is 15.7. The molecule has 1 aliphatic heterocycles. The summed E-state index contributed by atoms with van der Waals surface area (Å²) in [7, 11) is -3.56. The van der Waals surface area contributed by atoms with Gasteiger partial charge >= 0.3 is 0 Å². The highest BCUT2D eigenvalue weighted by molar-refractivity contribution is 7.89. The van der Waals surface area contributed by atoms with E-state index in [1.807, 2.05) is 6.92 Å². The molecule has 0 bridgehead atoms. The van der Waals surface area contributed by atoms with Crippen molar-refractivity contribution in [2.45, 2.75) is 43.9 Å². The minimum Gasteiger partial charge on any atom is -0.385 e. The van der Waals surface area contributed by atoms with Gasteiger partial charge in [0.2, 0.25) is 10.0 Å². The average molecular weight is 395 g/mol. The first-order valence-corrected chi connectivity index (χ1v) is 10.7. The number of rotatable bonds is 8. The Balaban J connectivity index is 1.75. The number of benzene rings is 1. The molecule has 9 nitrogen and oxygen atoms in total. The smallest absolute Gasteiger partial charge is 0.260 e. The first-order chi connectivity index (χ1) is 13.0. The van der Waals surface area contributed by atoms with E-state index in [2.05, 4.69) is 15.6 Å². The molecular weight excluding hydrogens is 370 g/mol. The van der Waals surface area contributed by atoms with Crippen LogP contribution in [0.1, 0.15) is 39.0 Å². The molecule has 2 heterocycles. The molecule has 1 aromatic heterocycles. The summed E-state index contributed by atoms with van der Waals surface area (Å²) in [5.74, 6) is -0.260. The van der Waals surface area contributed by atoms with Crippen LogP contribution in [0.3, 0.4) is 0 Å². The van der Waals surface area contributed by atoms with Crippen molar-refractivity contribution in [2.24, 2.45) is 0 Å². The average Bonchev–Trinajstić information content (AvgIpc) is 3.09. The van der Waals surface area contributed by atoms with Gasteiger partial charge in [-0.25, -0.2) is 8.42 Å². The molecule has 1 fully saturated rings. The molecule has 1 amide bonds. The molecule has 3 rings (SSSR count). The third-order valence-corrected chi connectivity index (χ3v) is 6.40. The summed E-state index contributed by atoms with van der Waals surface area (Å²) in [6.07, 6.45) is 4.68. The van der Waals surface area contributed by atoms with Gasteiger partial charge in [0.25, 0.3) is 5.91 Å². The number of unbranched alkanes of at least 4 members (excludes halogenated alkanes) is 1. The lowest BCUT2D eigenvalue weighted by Crippen LogP contribution is -2.35. The predicted molar refractivity (Wildman–Crippen MR) is 99.5 cm³/mol. The highest BCUT2D eigenvalue weighted by atomic mass is 32.2. The van der Waals surface area contributed by atoms with Gasteiger partial charge in [0.05, 0.1) is 4.90 Å². The van der Waals surface area contributed by atoms with Crippen LogP contribution in [0.25, 0.3) is 11.0 Å². The van der Waals surface area contributed by atoms with Crippen LogP contribution in [0.5, 0.6) is 0 Å². The molecule has 1 aromatic carbocycles. The van der Waals surface area contributed by atoms with Gasteiger partial charge in [-0.3, -0.25) is 4.79 Å². The quantitative estimate of drug-likeness (QED) is 0.667. The van der Waals surface area contributed by atoms with Gasteiger partial charge in [-0.1, -0.05) is 24.6 Å². The first kappa shape index (κ1) is 19.6. The lowest BCUT2D eigenvalue weighted by Gasteiger charge is -2.25. The molecule has 0 atom stereocenters. The van der Waals surface area contributed by atoms with Crippen LogP contribution < -0.4 is 10.2 Å².